The van der Waals surface area contributed by atoms with Crippen LogP contribution >= 0.6 is 15.9 Å². The molecule has 1 saturated heterocycles. The maximum Gasteiger partial charge on any atom is 0.246 e. The average molecular weight is 481 g/mol. The summed E-state index contributed by atoms with van der Waals surface area (Å²) in [5, 5.41) is 0. The number of amides is 1. The van der Waals surface area contributed by atoms with Crippen molar-refractivity contribution in [1.29, 1.82) is 0 Å². The first-order valence-electron chi connectivity index (χ1n) is 10.8. The minimum absolute atomic E-state index is 0.0415. The number of halogens is 1. The molecule has 0 aliphatic carbocycles. The van der Waals surface area contributed by atoms with Crippen molar-refractivity contribution in [3.8, 4) is 0 Å². The van der Waals surface area contributed by atoms with Crippen molar-refractivity contribution in [3.63, 3.8) is 0 Å². The number of piperidine rings is 1. The summed E-state index contributed by atoms with van der Waals surface area (Å²) in [5.74, 6) is 0.0415. The first-order chi connectivity index (χ1) is 14.8. The van der Waals surface area contributed by atoms with Crippen LogP contribution in [0.1, 0.15) is 50.3 Å². The number of hydrogen-bond donors (Lipinski definition) is 1. The fourth-order valence-electron chi connectivity index (χ4n) is 3.99. The SMILES string of the molecule is CC(C)(C)c1ccc(C=CC(=O)N2CCC3(C=C(c4ccccc4)NO3)CC2)c(Br)c1. The fraction of sp³-hybridized carbons (Fsp3) is 0.346. The molecule has 5 heteroatoms. The zero-order valence-electron chi connectivity index (χ0n) is 18.3. The zero-order chi connectivity index (χ0) is 22.1. The normalized spacial score (nSPS) is 18.3. The van der Waals surface area contributed by atoms with Crippen LogP contribution in [0.4, 0.5) is 0 Å². The van der Waals surface area contributed by atoms with Gasteiger partial charge >= 0.3 is 0 Å². The Hall–Kier alpha value is -2.37. The van der Waals surface area contributed by atoms with Crippen molar-refractivity contribution in [2.45, 2.75) is 44.6 Å². The van der Waals surface area contributed by atoms with E-state index in [-0.39, 0.29) is 16.9 Å². The van der Waals surface area contributed by atoms with Gasteiger partial charge in [-0.05, 0) is 40.3 Å². The Kier molecular flexibility index (Phi) is 6.09. The summed E-state index contributed by atoms with van der Waals surface area (Å²) >= 11 is 3.65. The minimum atomic E-state index is -0.336. The fourth-order valence-corrected chi connectivity index (χ4v) is 4.50. The third-order valence-corrected chi connectivity index (χ3v) is 6.74. The Bertz CT molecular complexity index is 1010. The maximum atomic E-state index is 12.8. The van der Waals surface area contributed by atoms with Gasteiger partial charge in [0.1, 0.15) is 5.60 Å². The highest BCUT2D eigenvalue weighted by Crippen LogP contribution is 2.35. The van der Waals surface area contributed by atoms with Gasteiger partial charge in [-0.1, -0.05) is 79.2 Å². The van der Waals surface area contributed by atoms with Crippen LogP contribution in [0, 0.1) is 0 Å². The first-order valence-corrected chi connectivity index (χ1v) is 11.5. The monoisotopic (exact) mass is 480 g/mol. The summed E-state index contributed by atoms with van der Waals surface area (Å²) in [6.45, 7) is 7.93. The van der Waals surface area contributed by atoms with Crippen LogP contribution in [0.3, 0.4) is 0 Å². The summed E-state index contributed by atoms with van der Waals surface area (Å²) in [5.41, 5.74) is 7.23. The van der Waals surface area contributed by atoms with Crippen molar-refractivity contribution in [3.05, 3.63) is 81.8 Å². The molecule has 2 aromatic carbocycles. The van der Waals surface area contributed by atoms with E-state index < -0.39 is 0 Å². The van der Waals surface area contributed by atoms with Crippen LogP contribution in [0.15, 0.2) is 65.2 Å². The Morgan fingerprint density at radius 1 is 1.13 bits per heavy atom. The van der Waals surface area contributed by atoms with Crippen LogP contribution in [-0.2, 0) is 15.0 Å². The third-order valence-electron chi connectivity index (χ3n) is 6.05. The molecule has 31 heavy (non-hydrogen) atoms. The second-order valence-electron chi connectivity index (χ2n) is 9.34. The number of hydroxylamine groups is 1. The van der Waals surface area contributed by atoms with Gasteiger partial charge in [0, 0.05) is 36.5 Å². The van der Waals surface area contributed by atoms with Crippen molar-refractivity contribution < 1.29 is 9.63 Å². The largest absolute Gasteiger partial charge is 0.339 e. The van der Waals surface area contributed by atoms with Gasteiger partial charge in [0.25, 0.3) is 0 Å². The number of carbonyl (C=O) groups excluding carboxylic acids is 1. The molecule has 1 fully saturated rings. The topological polar surface area (TPSA) is 41.6 Å². The van der Waals surface area contributed by atoms with E-state index in [4.69, 9.17) is 4.84 Å². The van der Waals surface area contributed by atoms with Crippen molar-refractivity contribution in [1.82, 2.24) is 10.4 Å². The van der Waals surface area contributed by atoms with E-state index in [9.17, 15) is 4.79 Å². The van der Waals surface area contributed by atoms with Gasteiger partial charge in [-0.3, -0.25) is 15.1 Å². The van der Waals surface area contributed by atoms with Crippen LogP contribution < -0.4 is 5.48 Å². The quantitative estimate of drug-likeness (QED) is 0.573. The van der Waals surface area contributed by atoms with Gasteiger partial charge in [0.15, 0.2) is 0 Å². The minimum Gasteiger partial charge on any atom is -0.339 e. The smallest absolute Gasteiger partial charge is 0.246 e. The predicted octanol–water partition coefficient (Wildman–Crippen LogP) is 5.70. The molecule has 1 spiro atoms. The van der Waals surface area contributed by atoms with Crippen molar-refractivity contribution in [2.75, 3.05) is 13.1 Å². The number of nitrogens with zero attached hydrogens (tertiary/aromatic N) is 1. The number of hydrogen-bond acceptors (Lipinski definition) is 3. The average Bonchev–Trinajstić information content (AvgIpc) is 3.16. The predicted molar refractivity (Wildman–Crippen MR) is 129 cm³/mol. The molecule has 0 unspecified atom stereocenters. The summed E-state index contributed by atoms with van der Waals surface area (Å²) in [6, 6.07) is 16.5. The lowest BCUT2D eigenvalue weighted by Crippen LogP contribution is -2.46. The highest BCUT2D eigenvalue weighted by molar-refractivity contribution is 9.10. The molecule has 2 heterocycles. The molecule has 0 atom stereocenters. The second kappa shape index (κ2) is 8.64. The molecule has 1 N–H and O–H groups in total. The van der Waals surface area contributed by atoms with E-state index in [1.54, 1.807) is 6.08 Å². The molecule has 4 nitrogen and oxygen atoms in total. The Labute approximate surface area is 193 Å². The van der Waals surface area contributed by atoms with Crippen LogP contribution in [-0.4, -0.2) is 29.5 Å². The molecule has 2 aliphatic heterocycles. The lowest BCUT2D eigenvalue weighted by molar-refractivity contribution is -0.131. The molecular weight excluding hydrogens is 452 g/mol. The van der Waals surface area contributed by atoms with Crippen molar-refractivity contribution >= 4 is 33.6 Å². The molecule has 0 aromatic heterocycles. The van der Waals surface area contributed by atoms with E-state index >= 15 is 0 Å². The lowest BCUT2D eigenvalue weighted by Gasteiger charge is -2.36. The van der Waals surface area contributed by atoms with Gasteiger partial charge in [0.2, 0.25) is 5.91 Å². The molecule has 0 radical (unpaired) electrons. The highest BCUT2D eigenvalue weighted by Gasteiger charge is 2.39. The summed E-state index contributed by atoms with van der Waals surface area (Å²) < 4.78 is 1.01. The molecule has 1 amide bonds. The van der Waals surface area contributed by atoms with E-state index in [1.807, 2.05) is 29.2 Å². The molecule has 0 bridgehead atoms. The third kappa shape index (κ3) is 4.94. The second-order valence-corrected chi connectivity index (χ2v) is 10.2. The molecule has 0 saturated carbocycles. The molecule has 2 aliphatic rings. The van der Waals surface area contributed by atoms with Gasteiger partial charge in [-0.15, -0.1) is 0 Å². The number of benzene rings is 2. The van der Waals surface area contributed by atoms with E-state index in [2.05, 4.69) is 78.6 Å². The number of rotatable bonds is 3. The van der Waals surface area contributed by atoms with Crippen LogP contribution in [0.25, 0.3) is 11.8 Å². The maximum absolute atomic E-state index is 12.8. The highest BCUT2D eigenvalue weighted by atomic mass is 79.9. The zero-order valence-corrected chi connectivity index (χ0v) is 19.9. The molecule has 4 rings (SSSR count). The number of likely N-dealkylation sites (tertiary alicyclic amines) is 1. The summed E-state index contributed by atoms with van der Waals surface area (Å²) in [7, 11) is 0. The molecule has 2 aromatic rings. The summed E-state index contributed by atoms with van der Waals surface area (Å²) in [4.78, 5) is 20.6. The Morgan fingerprint density at radius 3 is 2.48 bits per heavy atom. The van der Waals surface area contributed by atoms with Gasteiger partial charge in [0.05, 0.1) is 5.70 Å². The van der Waals surface area contributed by atoms with Crippen molar-refractivity contribution in [2.24, 2.45) is 0 Å². The van der Waals surface area contributed by atoms with Gasteiger partial charge in [-0.25, -0.2) is 0 Å². The number of carbonyl (C=O) groups is 1. The Morgan fingerprint density at radius 2 is 1.84 bits per heavy atom. The van der Waals surface area contributed by atoms with E-state index in [1.165, 1.54) is 5.56 Å². The van der Waals surface area contributed by atoms with E-state index in [0.717, 1.165) is 34.1 Å². The van der Waals surface area contributed by atoms with Crippen LogP contribution in [0.5, 0.6) is 0 Å². The standard InChI is InChI=1S/C26H29BrN2O2/c1-25(2,3)21-11-9-19(22(27)17-21)10-12-24(30)29-15-13-26(14-16-29)18-23(28-31-26)20-7-5-4-6-8-20/h4-12,17-18,28H,13-16H2,1-3H3. The number of nitrogens with one attached hydrogen (secondary N) is 1. The van der Waals surface area contributed by atoms with Gasteiger partial charge in [-0.2, -0.15) is 0 Å². The first kappa shape index (κ1) is 21.8. The molecular formula is C26H29BrN2O2. The Balaban J connectivity index is 1.37. The van der Waals surface area contributed by atoms with Crippen LogP contribution in [0.2, 0.25) is 0 Å². The lowest BCUT2D eigenvalue weighted by atomic mass is 9.86. The van der Waals surface area contributed by atoms with Gasteiger partial charge < -0.3 is 4.90 Å². The van der Waals surface area contributed by atoms with E-state index in [0.29, 0.717) is 13.1 Å². The molecule has 162 valence electrons. The summed E-state index contributed by atoms with van der Waals surface area (Å²) in [6.07, 6.45) is 7.30.